The predicted octanol–water partition coefficient (Wildman–Crippen LogP) is 3.81. The summed E-state index contributed by atoms with van der Waals surface area (Å²) in [4.78, 5) is 12.3. The summed E-state index contributed by atoms with van der Waals surface area (Å²) in [7, 11) is 0. The van der Waals surface area contributed by atoms with Gasteiger partial charge in [0.1, 0.15) is 11.6 Å². The standard InChI is InChI=1S/C19H18FN3O/c1-13-3-5-15(6-4-13)12-19(24)21-18-11-14(2)22-23(18)17-9-7-16(20)8-10-17/h3-11H,12H2,1-2H3,(H,21,24). The van der Waals surface area contributed by atoms with E-state index in [9.17, 15) is 9.18 Å². The Morgan fingerprint density at radius 1 is 1.08 bits per heavy atom. The minimum Gasteiger partial charge on any atom is -0.310 e. The molecule has 24 heavy (non-hydrogen) atoms. The van der Waals surface area contributed by atoms with Gasteiger partial charge < -0.3 is 5.32 Å². The van der Waals surface area contributed by atoms with Gasteiger partial charge in [-0.25, -0.2) is 9.07 Å². The van der Waals surface area contributed by atoms with E-state index in [1.807, 2.05) is 38.1 Å². The molecule has 1 N–H and O–H groups in total. The molecule has 0 saturated heterocycles. The third-order valence-electron chi connectivity index (χ3n) is 3.66. The molecule has 0 fully saturated rings. The average molecular weight is 323 g/mol. The Labute approximate surface area is 139 Å². The van der Waals surface area contributed by atoms with E-state index in [1.165, 1.54) is 12.1 Å². The van der Waals surface area contributed by atoms with Gasteiger partial charge in [-0.2, -0.15) is 5.10 Å². The highest BCUT2D eigenvalue weighted by Gasteiger charge is 2.11. The number of hydrogen-bond acceptors (Lipinski definition) is 2. The Kier molecular flexibility index (Phi) is 4.42. The van der Waals surface area contributed by atoms with Crippen LogP contribution in [0.15, 0.2) is 54.6 Å². The molecule has 0 aliphatic rings. The van der Waals surface area contributed by atoms with Crippen LogP contribution in [0.3, 0.4) is 0 Å². The number of carbonyl (C=O) groups is 1. The Hall–Kier alpha value is -2.95. The van der Waals surface area contributed by atoms with Crippen LogP contribution in [-0.4, -0.2) is 15.7 Å². The minimum absolute atomic E-state index is 0.123. The average Bonchev–Trinajstić information content (AvgIpc) is 2.90. The lowest BCUT2D eigenvalue weighted by Crippen LogP contribution is -2.17. The van der Waals surface area contributed by atoms with Crippen LogP contribution >= 0.6 is 0 Å². The monoisotopic (exact) mass is 323 g/mol. The number of amides is 1. The van der Waals surface area contributed by atoms with Gasteiger partial charge in [-0.15, -0.1) is 0 Å². The number of halogens is 1. The zero-order chi connectivity index (χ0) is 17.1. The van der Waals surface area contributed by atoms with Crippen LogP contribution in [0.4, 0.5) is 10.2 Å². The number of aryl methyl sites for hydroxylation is 2. The van der Waals surface area contributed by atoms with Gasteiger partial charge in [0.25, 0.3) is 0 Å². The molecule has 1 aromatic heterocycles. The zero-order valence-electron chi connectivity index (χ0n) is 13.6. The molecule has 2 aromatic carbocycles. The highest BCUT2D eigenvalue weighted by molar-refractivity contribution is 5.91. The summed E-state index contributed by atoms with van der Waals surface area (Å²) in [5.74, 6) is 0.130. The van der Waals surface area contributed by atoms with Crippen molar-refractivity contribution >= 4 is 11.7 Å². The van der Waals surface area contributed by atoms with E-state index >= 15 is 0 Å². The Morgan fingerprint density at radius 3 is 2.42 bits per heavy atom. The van der Waals surface area contributed by atoms with Crippen molar-refractivity contribution in [1.29, 1.82) is 0 Å². The van der Waals surface area contributed by atoms with Crippen molar-refractivity contribution in [2.24, 2.45) is 0 Å². The summed E-state index contributed by atoms with van der Waals surface area (Å²) in [5.41, 5.74) is 3.56. The summed E-state index contributed by atoms with van der Waals surface area (Å²) in [6.45, 7) is 3.85. The zero-order valence-corrected chi connectivity index (χ0v) is 13.6. The van der Waals surface area contributed by atoms with Gasteiger partial charge in [0.05, 0.1) is 17.8 Å². The van der Waals surface area contributed by atoms with Gasteiger partial charge in [0, 0.05) is 6.07 Å². The molecular formula is C19H18FN3O. The second kappa shape index (κ2) is 6.66. The summed E-state index contributed by atoms with van der Waals surface area (Å²) in [5, 5.41) is 7.24. The number of aromatic nitrogens is 2. The molecule has 1 amide bonds. The molecule has 0 saturated carbocycles. The van der Waals surface area contributed by atoms with Crippen LogP contribution in [0.25, 0.3) is 5.69 Å². The summed E-state index contributed by atoms with van der Waals surface area (Å²) in [6, 6.07) is 15.6. The lowest BCUT2D eigenvalue weighted by Gasteiger charge is -2.09. The Morgan fingerprint density at radius 2 is 1.75 bits per heavy atom. The molecule has 0 bridgehead atoms. The Bertz CT molecular complexity index is 851. The van der Waals surface area contributed by atoms with E-state index in [-0.39, 0.29) is 18.1 Å². The topological polar surface area (TPSA) is 46.9 Å². The normalized spacial score (nSPS) is 10.6. The van der Waals surface area contributed by atoms with Crippen molar-refractivity contribution in [3.63, 3.8) is 0 Å². The van der Waals surface area contributed by atoms with Crippen LogP contribution in [0.2, 0.25) is 0 Å². The molecule has 0 aliphatic heterocycles. The first-order valence-corrected chi connectivity index (χ1v) is 7.69. The van der Waals surface area contributed by atoms with E-state index in [1.54, 1.807) is 22.9 Å². The van der Waals surface area contributed by atoms with Crippen molar-refractivity contribution in [3.05, 3.63) is 77.2 Å². The van der Waals surface area contributed by atoms with Crippen molar-refractivity contribution < 1.29 is 9.18 Å². The molecule has 3 aromatic rings. The Balaban J connectivity index is 1.78. The van der Waals surface area contributed by atoms with Gasteiger partial charge in [0.15, 0.2) is 0 Å². The molecule has 1 heterocycles. The number of nitrogens with zero attached hydrogens (tertiary/aromatic N) is 2. The van der Waals surface area contributed by atoms with Crippen LogP contribution < -0.4 is 5.32 Å². The van der Waals surface area contributed by atoms with Gasteiger partial charge in [-0.05, 0) is 43.7 Å². The highest BCUT2D eigenvalue weighted by Crippen LogP contribution is 2.18. The number of nitrogens with one attached hydrogen (secondary N) is 1. The molecule has 0 aliphatic carbocycles. The summed E-state index contributed by atoms with van der Waals surface area (Å²) >= 11 is 0. The first-order valence-electron chi connectivity index (χ1n) is 7.69. The quantitative estimate of drug-likeness (QED) is 0.793. The maximum absolute atomic E-state index is 13.1. The third kappa shape index (κ3) is 3.68. The van der Waals surface area contributed by atoms with Gasteiger partial charge in [-0.3, -0.25) is 4.79 Å². The van der Waals surface area contributed by atoms with Crippen molar-refractivity contribution in [3.8, 4) is 5.69 Å². The third-order valence-corrected chi connectivity index (χ3v) is 3.66. The number of benzene rings is 2. The van der Waals surface area contributed by atoms with Gasteiger partial charge in [-0.1, -0.05) is 29.8 Å². The number of carbonyl (C=O) groups excluding carboxylic acids is 1. The molecule has 122 valence electrons. The molecular weight excluding hydrogens is 305 g/mol. The van der Waals surface area contributed by atoms with Crippen LogP contribution in [0.5, 0.6) is 0 Å². The predicted molar refractivity (Wildman–Crippen MR) is 91.8 cm³/mol. The van der Waals surface area contributed by atoms with Gasteiger partial charge in [0.2, 0.25) is 5.91 Å². The molecule has 0 radical (unpaired) electrons. The second-order valence-electron chi connectivity index (χ2n) is 5.77. The van der Waals surface area contributed by atoms with E-state index in [2.05, 4.69) is 10.4 Å². The number of anilines is 1. The van der Waals surface area contributed by atoms with E-state index in [0.29, 0.717) is 11.5 Å². The maximum Gasteiger partial charge on any atom is 0.229 e. The fourth-order valence-electron chi connectivity index (χ4n) is 2.45. The molecule has 0 atom stereocenters. The maximum atomic E-state index is 13.1. The molecule has 0 unspecified atom stereocenters. The van der Waals surface area contributed by atoms with E-state index in [4.69, 9.17) is 0 Å². The van der Waals surface area contributed by atoms with Crippen molar-refractivity contribution in [1.82, 2.24) is 9.78 Å². The van der Waals surface area contributed by atoms with Crippen molar-refractivity contribution in [2.75, 3.05) is 5.32 Å². The molecule has 0 spiro atoms. The summed E-state index contributed by atoms with van der Waals surface area (Å²) in [6.07, 6.45) is 0.286. The second-order valence-corrected chi connectivity index (χ2v) is 5.77. The SMILES string of the molecule is Cc1ccc(CC(=O)Nc2cc(C)nn2-c2ccc(F)cc2)cc1. The molecule has 5 heteroatoms. The molecule has 4 nitrogen and oxygen atoms in total. The van der Waals surface area contributed by atoms with E-state index in [0.717, 1.165) is 16.8 Å². The first kappa shape index (κ1) is 15.9. The lowest BCUT2D eigenvalue weighted by atomic mass is 10.1. The lowest BCUT2D eigenvalue weighted by molar-refractivity contribution is -0.115. The van der Waals surface area contributed by atoms with Crippen LogP contribution in [-0.2, 0) is 11.2 Å². The first-order chi connectivity index (χ1) is 11.5. The smallest absolute Gasteiger partial charge is 0.229 e. The van der Waals surface area contributed by atoms with Gasteiger partial charge >= 0.3 is 0 Å². The van der Waals surface area contributed by atoms with E-state index < -0.39 is 0 Å². The molecule has 3 rings (SSSR count). The highest BCUT2D eigenvalue weighted by atomic mass is 19.1. The largest absolute Gasteiger partial charge is 0.310 e. The van der Waals surface area contributed by atoms with Crippen LogP contribution in [0.1, 0.15) is 16.8 Å². The van der Waals surface area contributed by atoms with Crippen LogP contribution in [0, 0.1) is 19.7 Å². The summed E-state index contributed by atoms with van der Waals surface area (Å²) < 4.78 is 14.7. The minimum atomic E-state index is -0.312. The number of rotatable bonds is 4. The fourth-order valence-corrected chi connectivity index (χ4v) is 2.45. The fraction of sp³-hybridized carbons (Fsp3) is 0.158. The number of hydrogen-bond donors (Lipinski definition) is 1. The van der Waals surface area contributed by atoms with Crippen molar-refractivity contribution in [2.45, 2.75) is 20.3 Å².